The van der Waals surface area contributed by atoms with Crippen LogP contribution in [0.4, 0.5) is 0 Å². The summed E-state index contributed by atoms with van der Waals surface area (Å²) in [6, 6.07) is 8.10. The van der Waals surface area contributed by atoms with Gasteiger partial charge in [-0.15, -0.1) is 0 Å². The zero-order valence-electron chi connectivity index (χ0n) is 13.8. The Hall–Kier alpha value is -2.40. The van der Waals surface area contributed by atoms with Crippen LogP contribution in [0.2, 0.25) is 0 Å². The Morgan fingerprint density at radius 2 is 1.87 bits per heavy atom. The topological polar surface area (TPSA) is 60.5 Å². The van der Waals surface area contributed by atoms with Crippen molar-refractivity contribution in [2.75, 3.05) is 13.7 Å². The molecule has 1 aromatic carbocycles. The smallest absolute Gasteiger partial charge is 0.343 e. The number of aromatic nitrogens is 1. The van der Waals surface area contributed by atoms with Crippen molar-refractivity contribution < 1.29 is 14.3 Å². The van der Waals surface area contributed by atoms with Crippen LogP contribution in [0.5, 0.6) is 5.75 Å². The van der Waals surface area contributed by atoms with Gasteiger partial charge in [0, 0.05) is 25.5 Å². The van der Waals surface area contributed by atoms with E-state index in [1.54, 1.807) is 6.20 Å². The standard InChI is InChI=1S/C18H22N2O3/c1-13-7-16(11-20-10-15-5-4-6-19-9-15)8-14(2)18(13)23-12-17(21)22-3/h4-9,20H,10-12H2,1-3H3. The number of methoxy groups -OCH3 is 1. The zero-order chi connectivity index (χ0) is 16.7. The number of carbonyl (C=O) groups excluding carboxylic acids is 1. The molecule has 2 rings (SSSR count). The number of aryl methyl sites for hydroxylation is 2. The second-order valence-corrected chi connectivity index (χ2v) is 5.39. The molecular weight excluding hydrogens is 292 g/mol. The van der Waals surface area contributed by atoms with Crippen molar-refractivity contribution in [3.05, 3.63) is 58.9 Å². The number of pyridine rings is 1. The summed E-state index contributed by atoms with van der Waals surface area (Å²) >= 11 is 0. The van der Waals surface area contributed by atoms with Crippen LogP contribution in [0.15, 0.2) is 36.7 Å². The first-order chi connectivity index (χ1) is 11.1. The highest BCUT2D eigenvalue weighted by molar-refractivity contribution is 5.71. The van der Waals surface area contributed by atoms with Crippen LogP contribution in [-0.4, -0.2) is 24.7 Å². The first-order valence-corrected chi connectivity index (χ1v) is 7.49. The molecule has 122 valence electrons. The number of benzene rings is 1. The third kappa shape index (κ3) is 5.07. The maximum atomic E-state index is 11.2. The summed E-state index contributed by atoms with van der Waals surface area (Å²) in [4.78, 5) is 15.3. The van der Waals surface area contributed by atoms with Crippen molar-refractivity contribution in [1.82, 2.24) is 10.3 Å². The lowest BCUT2D eigenvalue weighted by atomic mass is 10.1. The van der Waals surface area contributed by atoms with Crippen molar-refractivity contribution in [2.45, 2.75) is 26.9 Å². The van der Waals surface area contributed by atoms with Gasteiger partial charge in [0.2, 0.25) is 0 Å². The van der Waals surface area contributed by atoms with Crippen LogP contribution in [0.3, 0.4) is 0 Å². The average Bonchev–Trinajstić information content (AvgIpc) is 2.55. The highest BCUT2D eigenvalue weighted by atomic mass is 16.6. The molecule has 0 aliphatic rings. The van der Waals surface area contributed by atoms with Gasteiger partial charge in [0.1, 0.15) is 5.75 Å². The first-order valence-electron chi connectivity index (χ1n) is 7.49. The van der Waals surface area contributed by atoms with Crippen LogP contribution in [-0.2, 0) is 22.6 Å². The summed E-state index contributed by atoms with van der Waals surface area (Å²) < 4.78 is 10.1. The summed E-state index contributed by atoms with van der Waals surface area (Å²) in [6.07, 6.45) is 3.62. The van der Waals surface area contributed by atoms with Gasteiger partial charge in [-0.05, 0) is 42.2 Å². The number of carbonyl (C=O) groups is 1. The Morgan fingerprint density at radius 3 is 2.48 bits per heavy atom. The van der Waals surface area contributed by atoms with E-state index >= 15 is 0 Å². The molecule has 5 nitrogen and oxygen atoms in total. The summed E-state index contributed by atoms with van der Waals surface area (Å²) in [5, 5.41) is 3.40. The summed E-state index contributed by atoms with van der Waals surface area (Å²) in [6.45, 7) is 5.41. The Morgan fingerprint density at radius 1 is 1.17 bits per heavy atom. The van der Waals surface area contributed by atoms with E-state index in [1.807, 2.05) is 32.2 Å². The summed E-state index contributed by atoms with van der Waals surface area (Å²) in [7, 11) is 1.35. The van der Waals surface area contributed by atoms with Crippen molar-refractivity contribution in [2.24, 2.45) is 0 Å². The minimum atomic E-state index is -0.383. The maximum Gasteiger partial charge on any atom is 0.343 e. The molecule has 0 aliphatic heterocycles. The lowest BCUT2D eigenvalue weighted by Gasteiger charge is -2.14. The largest absolute Gasteiger partial charge is 0.481 e. The Bertz CT molecular complexity index is 634. The fraction of sp³-hybridized carbons (Fsp3) is 0.333. The molecule has 0 spiro atoms. The SMILES string of the molecule is COC(=O)COc1c(C)cc(CNCc2cccnc2)cc1C. The first kappa shape index (κ1) is 17.0. The number of nitrogens with one attached hydrogen (secondary N) is 1. The van der Waals surface area contributed by atoms with Gasteiger partial charge >= 0.3 is 5.97 Å². The van der Waals surface area contributed by atoms with Crippen molar-refractivity contribution in [3.8, 4) is 5.75 Å². The molecule has 0 saturated heterocycles. The van der Waals surface area contributed by atoms with Gasteiger partial charge in [-0.3, -0.25) is 4.98 Å². The molecule has 0 saturated carbocycles. The molecule has 0 unspecified atom stereocenters. The highest BCUT2D eigenvalue weighted by Crippen LogP contribution is 2.24. The lowest BCUT2D eigenvalue weighted by molar-refractivity contribution is -0.142. The van der Waals surface area contributed by atoms with E-state index in [-0.39, 0.29) is 12.6 Å². The highest BCUT2D eigenvalue weighted by Gasteiger charge is 2.09. The van der Waals surface area contributed by atoms with E-state index in [4.69, 9.17) is 4.74 Å². The molecule has 0 amide bonds. The predicted octanol–water partition coefficient (Wildman–Crippen LogP) is 2.54. The molecular formula is C18H22N2O3. The number of rotatable bonds is 7. The maximum absolute atomic E-state index is 11.2. The molecule has 0 bridgehead atoms. The van der Waals surface area contributed by atoms with Crippen LogP contribution in [0.25, 0.3) is 0 Å². The van der Waals surface area contributed by atoms with Gasteiger partial charge < -0.3 is 14.8 Å². The Balaban J connectivity index is 1.94. The third-order valence-electron chi connectivity index (χ3n) is 3.46. The minimum Gasteiger partial charge on any atom is -0.481 e. The molecule has 1 heterocycles. The summed E-state index contributed by atoms with van der Waals surface area (Å²) in [5.74, 6) is 0.359. The van der Waals surface area contributed by atoms with E-state index in [2.05, 4.69) is 27.2 Å². The second kappa shape index (κ2) is 8.29. The third-order valence-corrected chi connectivity index (χ3v) is 3.46. The molecule has 0 radical (unpaired) electrons. The van der Waals surface area contributed by atoms with Gasteiger partial charge in [0.05, 0.1) is 7.11 Å². The molecule has 23 heavy (non-hydrogen) atoms. The molecule has 2 aromatic rings. The number of hydrogen-bond donors (Lipinski definition) is 1. The second-order valence-electron chi connectivity index (χ2n) is 5.39. The van der Waals surface area contributed by atoms with E-state index in [1.165, 1.54) is 12.7 Å². The van der Waals surface area contributed by atoms with E-state index in [9.17, 15) is 4.79 Å². The quantitative estimate of drug-likeness (QED) is 0.796. The molecule has 1 N–H and O–H groups in total. The number of nitrogens with zero attached hydrogens (tertiary/aromatic N) is 1. The van der Waals surface area contributed by atoms with E-state index in [0.29, 0.717) is 0 Å². The van der Waals surface area contributed by atoms with Crippen molar-refractivity contribution in [1.29, 1.82) is 0 Å². The molecule has 1 aromatic heterocycles. The predicted molar refractivity (Wildman–Crippen MR) is 88.2 cm³/mol. The Labute approximate surface area is 136 Å². The van der Waals surface area contributed by atoms with Gasteiger partial charge in [-0.2, -0.15) is 0 Å². The minimum absolute atomic E-state index is 0.0726. The molecule has 5 heteroatoms. The van der Waals surface area contributed by atoms with E-state index < -0.39 is 0 Å². The van der Waals surface area contributed by atoms with Crippen LogP contribution in [0, 0.1) is 13.8 Å². The normalized spacial score (nSPS) is 10.4. The lowest BCUT2D eigenvalue weighted by Crippen LogP contribution is -2.15. The van der Waals surface area contributed by atoms with Gasteiger partial charge in [0.25, 0.3) is 0 Å². The van der Waals surface area contributed by atoms with Crippen LogP contribution in [0.1, 0.15) is 22.3 Å². The average molecular weight is 314 g/mol. The fourth-order valence-electron chi connectivity index (χ4n) is 2.41. The van der Waals surface area contributed by atoms with Crippen molar-refractivity contribution >= 4 is 5.97 Å². The zero-order valence-corrected chi connectivity index (χ0v) is 13.8. The van der Waals surface area contributed by atoms with Gasteiger partial charge in [-0.25, -0.2) is 4.79 Å². The van der Waals surface area contributed by atoms with Gasteiger partial charge in [-0.1, -0.05) is 18.2 Å². The monoisotopic (exact) mass is 314 g/mol. The molecule has 0 aliphatic carbocycles. The van der Waals surface area contributed by atoms with Crippen LogP contribution < -0.4 is 10.1 Å². The Kier molecular flexibility index (Phi) is 6.11. The number of ether oxygens (including phenoxy) is 2. The van der Waals surface area contributed by atoms with E-state index in [0.717, 1.165) is 35.5 Å². The van der Waals surface area contributed by atoms with Crippen LogP contribution >= 0.6 is 0 Å². The van der Waals surface area contributed by atoms with Crippen molar-refractivity contribution in [3.63, 3.8) is 0 Å². The molecule has 0 atom stereocenters. The van der Waals surface area contributed by atoms with Gasteiger partial charge in [0.15, 0.2) is 6.61 Å². The number of esters is 1. The molecule has 0 fully saturated rings. The fourth-order valence-corrected chi connectivity index (χ4v) is 2.41. The number of hydrogen-bond acceptors (Lipinski definition) is 5. The summed E-state index contributed by atoms with van der Waals surface area (Å²) in [5.41, 5.74) is 4.34.